The van der Waals surface area contributed by atoms with Gasteiger partial charge in [-0.25, -0.2) is 4.98 Å². The maximum absolute atomic E-state index is 11.9. The number of hydrogen-bond donors (Lipinski definition) is 2. The van der Waals surface area contributed by atoms with Crippen LogP contribution in [0.5, 0.6) is 0 Å². The topological polar surface area (TPSA) is 68.0 Å². The Balaban J connectivity index is 2.75. The molecule has 0 aliphatic heterocycles. The molecule has 0 aromatic carbocycles. The van der Waals surface area contributed by atoms with Crippen molar-refractivity contribution >= 4 is 27.5 Å². The Bertz CT molecular complexity index is 379. The second kappa shape index (κ2) is 5.41. The van der Waals surface area contributed by atoms with E-state index in [0.29, 0.717) is 16.7 Å². The number of nitrogens with two attached hydrogens (primary N) is 1. The lowest BCUT2D eigenvalue weighted by Crippen LogP contribution is -2.48. The van der Waals surface area contributed by atoms with Crippen molar-refractivity contribution in [3.05, 3.63) is 22.9 Å². The molecule has 16 heavy (non-hydrogen) atoms. The minimum atomic E-state index is -0.843. The highest BCUT2D eigenvalue weighted by atomic mass is 79.9. The summed E-state index contributed by atoms with van der Waals surface area (Å²) < 4.78 is 0.607. The van der Waals surface area contributed by atoms with Crippen molar-refractivity contribution in [2.24, 2.45) is 5.73 Å². The predicted molar refractivity (Wildman–Crippen MR) is 68.1 cm³/mol. The van der Waals surface area contributed by atoms with Gasteiger partial charge in [0.2, 0.25) is 5.91 Å². The first-order chi connectivity index (χ1) is 7.47. The molecular formula is C11H16BrN3O. The quantitative estimate of drug-likeness (QED) is 0.834. The number of pyridine rings is 1. The summed E-state index contributed by atoms with van der Waals surface area (Å²) in [7, 11) is 0. The summed E-state index contributed by atoms with van der Waals surface area (Å²) in [6.07, 6.45) is 3.17. The van der Waals surface area contributed by atoms with E-state index in [0.717, 1.165) is 6.42 Å². The van der Waals surface area contributed by atoms with Crippen molar-refractivity contribution in [2.45, 2.75) is 32.2 Å². The number of halogens is 1. The SMILES string of the molecule is CCCC(C)(N)C(=O)Nc1cccnc1Br. The molecule has 1 heterocycles. The lowest BCUT2D eigenvalue weighted by Gasteiger charge is -2.22. The van der Waals surface area contributed by atoms with E-state index in [1.807, 2.05) is 6.92 Å². The molecule has 1 aromatic heterocycles. The number of carbonyl (C=O) groups excluding carboxylic acids is 1. The minimum absolute atomic E-state index is 0.192. The van der Waals surface area contributed by atoms with Gasteiger partial charge >= 0.3 is 0 Å². The molecule has 1 aromatic rings. The van der Waals surface area contributed by atoms with Gasteiger partial charge in [0, 0.05) is 6.20 Å². The number of anilines is 1. The summed E-state index contributed by atoms with van der Waals surface area (Å²) >= 11 is 3.26. The van der Waals surface area contributed by atoms with Crippen LogP contribution in [-0.2, 0) is 4.79 Å². The number of carbonyl (C=O) groups is 1. The van der Waals surface area contributed by atoms with Crippen LogP contribution in [0.2, 0.25) is 0 Å². The summed E-state index contributed by atoms with van der Waals surface area (Å²) in [5.74, 6) is -0.192. The molecule has 0 saturated heterocycles. The first-order valence-electron chi connectivity index (χ1n) is 5.18. The van der Waals surface area contributed by atoms with Gasteiger partial charge in [-0.05, 0) is 41.4 Å². The van der Waals surface area contributed by atoms with Gasteiger partial charge in [0.15, 0.2) is 0 Å². The van der Waals surface area contributed by atoms with Gasteiger partial charge in [-0.3, -0.25) is 4.79 Å². The van der Waals surface area contributed by atoms with E-state index in [1.54, 1.807) is 25.3 Å². The maximum Gasteiger partial charge on any atom is 0.244 e. The number of aromatic nitrogens is 1. The molecule has 4 nitrogen and oxygen atoms in total. The van der Waals surface area contributed by atoms with Crippen LogP contribution < -0.4 is 11.1 Å². The van der Waals surface area contributed by atoms with Gasteiger partial charge in [-0.15, -0.1) is 0 Å². The third-order valence-corrected chi connectivity index (χ3v) is 2.93. The van der Waals surface area contributed by atoms with Gasteiger partial charge < -0.3 is 11.1 Å². The van der Waals surface area contributed by atoms with Crippen LogP contribution in [0.25, 0.3) is 0 Å². The summed E-state index contributed by atoms with van der Waals surface area (Å²) in [6.45, 7) is 3.73. The molecule has 0 saturated carbocycles. The number of amides is 1. The molecule has 0 aliphatic carbocycles. The normalized spacial score (nSPS) is 14.2. The van der Waals surface area contributed by atoms with Crippen molar-refractivity contribution < 1.29 is 4.79 Å². The third kappa shape index (κ3) is 3.28. The van der Waals surface area contributed by atoms with Crippen molar-refractivity contribution in [3.63, 3.8) is 0 Å². The van der Waals surface area contributed by atoms with Gasteiger partial charge in [0.05, 0.1) is 11.2 Å². The van der Waals surface area contributed by atoms with Crippen LogP contribution in [0, 0.1) is 0 Å². The molecule has 1 amide bonds. The monoisotopic (exact) mass is 285 g/mol. The zero-order chi connectivity index (χ0) is 12.2. The molecule has 0 fully saturated rings. The molecule has 0 radical (unpaired) electrons. The lowest BCUT2D eigenvalue weighted by atomic mass is 9.96. The number of nitrogens with zero attached hydrogens (tertiary/aromatic N) is 1. The molecule has 0 aliphatic rings. The Hall–Kier alpha value is -0.940. The second-order valence-corrected chi connectivity index (χ2v) is 4.71. The molecule has 5 heteroatoms. The minimum Gasteiger partial charge on any atom is -0.322 e. The standard InChI is InChI=1S/C11H16BrN3O/c1-3-6-11(2,13)10(16)15-8-5-4-7-14-9(8)12/h4-5,7H,3,6,13H2,1-2H3,(H,15,16). The average Bonchev–Trinajstić information content (AvgIpc) is 2.21. The summed E-state index contributed by atoms with van der Waals surface area (Å²) in [5.41, 5.74) is 5.72. The smallest absolute Gasteiger partial charge is 0.244 e. The Morgan fingerprint density at radius 1 is 1.69 bits per heavy atom. The average molecular weight is 286 g/mol. The highest BCUT2D eigenvalue weighted by Crippen LogP contribution is 2.20. The Kier molecular flexibility index (Phi) is 4.44. The molecule has 0 bridgehead atoms. The van der Waals surface area contributed by atoms with Crippen molar-refractivity contribution in [3.8, 4) is 0 Å². The number of hydrogen-bond acceptors (Lipinski definition) is 3. The van der Waals surface area contributed by atoms with Crippen LogP contribution in [0.3, 0.4) is 0 Å². The van der Waals surface area contributed by atoms with E-state index in [2.05, 4.69) is 26.2 Å². The van der Waals surface area contributed by atoms with Gasteiger partial charge in [-0.2, -0.15) is 0 Å². The lowest BCUT2D eigenvalue weighted by molar-refractivity contribution is -0.120. The van der Waals surface area contributed by atoms with Crippen molar-refractivity contribution in [1.29, 1.82) is 0 Å². The number of nitrogens with one attached hydrogen (secondary N) is 1. The summed E-state index contributed by atoms with van der Waals surface area (Å²) in [5, 5.41) is 2.76. The highest BCUT2D eigenvalue weighted by Gasteiger charge is 2.27. The van der Waals surface area contributed by atoms with E-state index >= 15 is 0 Å². The zero-order valence-electron chi connectivity index (χ0n) is 9.46. The van der Waals surface area contributed by atoms with Crippen molar-refractivity contribution in [2.75, 3.05) is 5.32 Å². The van der Waals surface area contributed by atoms with E-state index in [4.69, 9.17) is 5.73 Å². The summed E-state index contributed by atoms with van der Waals surface area (Å²) in [6, 6.07) is 3.53. The van der Waals surface area contributed by atoms with Crippen LogP contribution in [0.4, 0.5) is 5.69 Å². The van der Waals surface area contributed by atoms with Crippen LogP contribution in [0.1, 0.15) is 26.7 Å². The zero-order valence-corrected chi connectivity index (χ0v) is 11.0. The van der Waals surface area contributed by atoms with E-state index in [9.17, 15) is 4.79 Å². The van der Waals surface area contributed by atoms with Crippen LogP contribution >= 0.6 is 15.9 Å². The van der Waals surface area contributed by atoms with Crippen LogP contribution in [0.15, 0.2) is 22.9 Å². The van der Waals surface area contributed by atoms with Gasteiger partial charge in [0.25, 0.3) is 0 Å². The summed E-state index contributed by atoms with van der Waals surface area (Å²) in [4.78, 5) is 15.9. The Labute approximate surface area is 104 Å². The first kappa shape index (κ1) is 13.1. The molecular weight excluding hydrogens is 270 g/mol. The molecule has 0 spiro atoms. The largest absolute Gasteiger partial charge is 0.322 e. The second-order valence-electron chi connectivity index (χ2n) is 3.96. The molecule has 1 atom stereocenters. The maximum atomic E-state index is 11.9. The third-order valence-electron chi connectivity index (χ3n) is 2.30. The predicted octanol–water partition coefficient (Wildman–Crippen LogP) is 2.30. The number of rotatable bonds is 4. The Morgan fingerprint density at radius 3 is 2.94 bits per heavy atom. The fourth-order valence-corrected chi connectivity index (χ4v) is 1.73. The van der Waals surface area contributed by atoms with Crippen molar-refractivity contribution in [1.82, 2.24) is 4.98 Å². The van der Waals surface area contributed by atoms with Crippen LogP contribution in [-0.4, -0.2) is 16.4 Å². The Morgan fingerprint density at radius 2 is 2.38 bits per heavy atom. The van der Waals surface area contributed by atoms with Gasteiger partial charge in [0.1, 0.15) is 4.60 Å². The molecule has 1 unspecified atom stereocenters. The molecule has 1 rings (SSSR count). The fourth-order valence-electron chi connectivity index (χ4n) is 1.38. The first-order valence-corrected chi connectivity index (χ1v) is 5.97. The molecule has 88 valence electrons. The van der Waals surface area contributed by atoms with E-state index < -0.39 is 5.54 Å². The van der Waals surface area contributed by atoms with E-state index in [-0.39, 0.29) is 5.91 Å². The van der Waals surface area contributed by atoms with Gasteiger partial charge in [-0.1, -0.05) is 13.3 Å². The fraction of sp³-hybridized carbons (Fsp3) is 0.455. The molecule has 3 N–H and O–H groups in total. The highest BCUT2D eigenvalue weighted by molar-refractivity contribution is 9.10. The van der Waals surface area contributed by atoms with E-state index in [1.165, 1.54) is 0 Å².